The van der Waals surface area contributed by atoms with E-state index in [-0.39, 0.29) is 18.9 Å². The number of amides is 1. The maximum atomic E-state index is 11.5. The Hall–Kier alpha value is -1.88. The summed E-state index contributed by atoms with van der Waals surface area (Å²) in [6, 6.07) is 6.89. The zero-order valence-corrected chi connectivity index (χ0v) is 9.69. The fraction of sp³-hybridized carbons (Fsp3) is 0.333. The van der Waals surface area contributed by atoms with Crippen molar-refractivity contribution in [1.82, 2.24) is 5.32 Å². The van der Waals surface area contributed by atoms with Crippen LogP contribution in [0.25, 0.3) is 0 Å². The first-order valence-electron chi connectivity index (χ1n) is 5.43. The van der Waals surface area contributed by atoms with Gasteiger partial charge in [0.15, 0.2) is 0 Å². The predicted molar refractivity (Wildman–Crippen MR) is 65.0 cm³/mol. The minimum Gasteiger partial charge on any atom is -0.481 e. The number of carboxylic acids is 1. The van der Waals surface area contributed by atoms with Gasteiger partial charge in [0.25, 0.3) is 0 Å². The van der Waals surface area contributed by atoms with Gasteiger partial charge in [-0.15, -0.1) is 0 Å². The summed E-state index contributed by atoms with van der Waals surface area (Å²) in [7, 11) is 0. The molecule has 0 aliphatic carbocycles. The predicted octanol–water partition coefficient (Wildman–Crippen LogP) is 0.862. The van der Waals surface area contributed by atoms with Crippen molar-refractivity contribution >= 4 is 17.6 Å². The molecular weight excluding hydrogens is 220 g/mol. The lowest BCUT2D eigenvalue weighted by molar-refractivity contribution is -0.136. The van der Waals surface area contributed by atoms with Gasteiger partial charge in [-0.05, 0) is 18.2 Å². The van der Waals surface area contributed by atoms with Gasteiger partial charge in [-0.2, -0.15) is 0 Å². The maximum Gasteiger partial charge on any atom is 0.307 e. The molecule has 92 valence electrons. The summed E-state index contributed by atoms with van der Waals surface area (Å²) in [4.78, 5) is 22.1. The van der Waals surface area contributed by atoms with Gasteiger partial charge in [-0.3, -0.25) is 9.59 Å². The highest BCUT2D eigenvalue weighted by Crippen LogP contribution is 2.15. The number of carbonyl (C=O) groups is 2. The van der Waals surface area contributed by atoms with Gasteiger partial charge in [0.2, 0.25) is 5.91 Å². The number of para-hydroxylation sites is 1. The van der Waals surface area contributed by atoms with Crippen LogP contribution < -0.4 is 10.6 Å². The second-order valence-electron chi connectivity index (χ2n) is 3.56. The highest BCUT2D eigenvalue weighted by atomic mass is 16.4. The molecule has 0 heterocycles. The highest BCUT2D eigenvalue weighted by molar-refractivity contribution is 5.93. The van der Waals surface area contributed by atoms with E-state index in [4.69, 9.17) is 5.11 Å². The number of likely N-dealkylation sites (N-methyl/N-ethyl adjacent to an activating group) is 1. The minimum absolute atomic E-state index is 0.0995. The molecule has 0 spiro atoms. The van der Waals surface area contributed by atoms with Gasteiger partial charge < -0.3 is 15.7 Å². The second kappa shape index (κ2) is 6.65. The Labute approximate surface area is 99.8 Å². The van der Waals surface area contributed by atoms with Crippen LogP contribution in [0.1, 0.15) is 12.5 Å². The topological polar surface area (TPSA) is 78.4 Å². The fourth-order valence-corrected chi connectivity index (χ4v) is 1.39. The van der Waals surface area contributed by atoms with E-state index in [1.807, 2.05) is 6.92 Å². The van der Waals surface area contributed by atoms with Crippen molar-refractivity contribution in [2.45, 2.75) is 13.3 Å². The Morgan fingerprint density at radius 2 is 2.00 bits per heavy atom. The Balaban J connectivity index is 2.69. The quantitative estimate of drug-likeness (QED) is 0.684. The first kappa shape index (κ1) is 13.2. The minimum atomic E-state index is -0.918. The fourth-order valence-electron chi connectivity index (χ4n) is 1.39. The van der Waals surface area contributed by atoms with Crippen LogP contribution in [0, 0.1) is 0 Å². The third-order valence-electron chi connectivity index (χ3n) is 2.17. The summed E-state index contributed by atoms with van der Waals surface area (Å²) in [5.74, 6) is -1.09. The van der Waals surface area contributed by atoms with Crippen LogP contribution in [0.2, 0.25) is 0 Å². The Morgan fingerprint density at radius 3 is 2.65 bits per heavy atom. The first-order valence-corrected chi connectivity index (χ1v) is 5.43. The van der Waals surface area contributed by atoms with Gasteiger partial charge in [-0.25, -0.2) is 0 Å². The Kier molecular flexibility index (Phi) is 5.16. The van der Waals surface area contributed by atoms with Crippen LogP contribution in [0.3, 0.4) is 0 Å². The zero-order chi connectivity index (χ0) is 12.7. The van der Waals surface area contributed by atoms with Crippen molar-refractivity contribution in [3.05, 3.63) is 29.8 Å². The van der Waals surface area contributed by atoms with Crippen LogP contribution in [-0.4, -0.2) is 30.1 Å². The molecule has 0 saturated carbocycles. The third kappa shape index (κ3) is 4.65. The SMILES string of the molecule is CCNCC(=O)Nc1ccccc1CC(=O)O. The number of hydrogen-bond donors (Lipinski definition) is 3. The molecule has 0 atom stereocenters. The van der Waals surface area contributed by atoms with Crippen LogP contribution in [0.4, 0.5) is 5.69 Å². The number of carbonyl (C=O) groups excluding carboxylic acids is 1. The molecule has 1 aromatic rings. The maximum absolute atomic E-state index is 11.5. The largest absolute Gasteiger partial charge is 0.481 e. The molecule has 0 aromatic heterocycles. The van der Waals surface area contributed by atoms with Crippen molar-refractivity contribution in [1.29, 1.82) is 0 Å². The van der Waals surface area contributed by atoms with Crippen molar-refractivity contribution in [3.8, 4) is 0 Å². The molecule has 0 aliphatic rings. The van der Waals surface area contributed by atoms with E-state index in [0.29, 0.717) is 17.8 Å². The first-order chi connectivity index (χ1) is 8.13. The summed E-state index contributed by atoms with van der Waals surface area (Å²) in [6.45, 7) is 2.84. The normalized spacial score (nSPS) is 9.94. The molecule has 0 aliphatic heterocycles. The number of aliphatic carboxylic acids is 1. The summed E-state index contributed by atoms with van der Waals surface area (Å²) in [5.41, 5.74) is 1.16. The Morgan fingerprint density at radius 1 is 1.29 bits per heavy atom. The number of carboxylic acid groups (broad SMARTS) is 1. The molecule has 0 unspecified atom stereocenters. The summed E-state index contributed by atoms with van der Waals surface area (Å²) in [6.07, 6.45) is -0.0995. The molecule has 5 heteroatoms. The van der Waals surface area contributed by atoms with Crippen LogP contribution in [0.5, 0.6) is 0 Å². The van der Waals surface area contributed by atoms with E-state index in [1.165, 1.54) is 0 Å². The van der Waals surface area contributed by atoms with E-state index < -0.39 is 5.97 Å². The van der Waals surface area contributed by atoms with Crippen LogP contribution in [-0.2, 0) is 16.0 Å². The average molecular weight is 236 g/mol. The van der Waals surface area contributed by atoms with Crippen LogP contribution >= 0.6 is 0 Å². The van der Waals surface area contributed by atoms with Crippen molar-refractivity contribution in [2.75, 3.05) is 18.4 Å². The van der Waals surface area contributed by atoms with Gasteiger partial charge in [0.05, 0.1) is 13.0 Å². The van der Waals surface area contributed by atoms with Gasteiger partial charge in [-0.1, -0.05) is 25.1 Å². The van der Waals surface area contributed by atoms with Crippen molar-refractivity contribution < 1.29 is 14.7 Å². The van der Waals surface area contributed by atoms with Crippen molar-refractivity contribution in [2.24, 2.45) is 0 Å². The van der Waals surface area contributed by atoms with E-state index in [9.17, 15) is 9.59 Å². The molecule has 1 rings (SSSR count). The second-order valence-corrected chi connectivity index (χ2v) is 3.56. The molecule has 0 radical (unpaired) electrons. The lowest BCUT2D eigenvalue weighted by Crippen LogP contribution is -2.28. The molecule has 5 nitrogen and oxygen atoms in total. The Bertz CT molecular complexity index is 404. The molecule has 0 bridgehead atoms. The van der Waals surface area contributed by atoms with E-state index in [1.54, 1.807) is 24.3 Å². The smallest absolute Gasteiger partial charge is 0.307 e. The molecule has 1 aromatic carbocycles. The molecular formula is C12H16N2O3. The summed E-state index contributed by atoms with van der Waals surface area (Å²) < 4.78 is 0. The van der Waals surface area contributed by atoms with Crippen LogP contribution in [0.15, 0.2) is 24.3 Å². The number of nitrogens with one attached hydrogen (secondary N) is 2. The lowest BCUT2D eigenvalue weighted by atomic mass is 10.1. The van der Waals surface area contributed by atoms with Gasteiger partial charge >= 0.3 is 5.97 Å². The monoisotopic (exact) mass is 236 g/mol. The summed E-state index contributed by atoms with van der Waals surface area (Å²) in [5, 5.41) is 14.3. The van der Waals surface area contributed by atoms with E-state index >= 15 is 0 Å². The van der Waals surface area contributed by atoms with E-state index in [2.05, 4.69) is 10.6 Å². The highest BCUT2D eigenvalue weighted by Gasteiger charge is 2.08. The van der Waals surface area contributed by atoms with Gasteiger partial charge in [0.1, 0.15) is 0 Å². The lowest BCUT2D eigenvalue weighted by Gasteiger charge is -2.09. The van der Waals surface area contributed by atoms with E-state index in [0.717, 1.165) is 0 Å². The van der Waals surface area contributed by atoms with Crippen molar-refractivity contribution in [3.63, 3.8) is 0 Å². The molecule has 0 saturated heterocycles. The number of anilines is 1. The number of hydrogen-bond acceptors (Lipinski definition) is 3. The van der Waals surface area contributed by atoms with Gasteiger partial charge in [0, 0.05) is 5.69 Å². The summed E-state index contributed by atoms with van der Waals surface area (Å²) >= 11 is 0. The molecule has 3 N–H and O–H groups in total. The zero-order valence-electron chi connectivity index (χ0n) is 9.69. The molecule has 1 amide bonds. The average Bonchev–Trinajstić information content (AvgIpc) is 2.28. The third-order valence-corrected chi connectivity index (χ3v) is 2.17. The number of benzene rings is 1. The number of rotatable bonds is 6. The molecule has 0 fully saturated rings. The molecule has 17 heavy (non-hydrogen) atoms. The standard InChI is InChI=1S/C12H16N2O3/c1-2-13-8-11(15)14-10-6-4-3-5-9(10)7-12(16)17/h3-6,13H,2,7-8H2,1H3,(H,14,15)(H,16,17).